The van der Waals surface area contributed by atoms with Crippen LogP contribution in [0.2, 0.25) is 0 Å². The maximum absolute atomic E-state index is 7.62. The number of rotatable bonds is 3. The first-order chi connectivity index (χ1) is 5.36. The van der Waals surface area contributed by atoms with E-state index in [4.69, 9.17) is 14.9 Å². The average molecular weight is 160 g/mol. The van der Waals surface area contributed by atoms with Crippen molar-refractivity contribution in [2.24, 2.45) is 0 Å². The van der Waals surface area contributed by atoms with E-state index < -0.39 is 0 Å². The van der Waals surface area contributed by atoms with Crippen LogP contribution in [0, 0.1) is 0 Å². The first kappa shape index (κ1) is 8.97. The van der Waals surface area contributed by atoms with Gasteiger partial charge in [0, 0.05) is 0 Å². The molecule has 3 heteroatoms. The summed E-state index contributed by atoms with van der Waals surface area (Å²) in [6, 6.07) is 0. The van der Waals surface area contributed by atoms with Gasteiger partial charge in [-0.3, -0.25) is 0 Å². The van der Waals surface area contributed by atoms with Gasteiger partial charge in [0.1, 0.15) is 0 Å². The molecule has 0 spiro atoms. The van der Waals surface area contributed by atoms with Gasteiger partial charge in [-0.05, 0) is 25.7 Å². The summed E-state index contributed by atoms with van der Waals surface area (Å²) in [6.45, 7) is -0.250. The van der Waals surface area contributed by atoms with Gasteiger partial charge in [-0.1, -0.05) is 0 Å². The molecule has 0 saturated heterocycles. The smallest absolute Gasteiger partial charge is 0.0662 e. The van der Waals surface area contributed by atoms with Crippen molar-refractivity contribution in [2.75, 3.05) is 13.2 Å². The van der Waals surface area contributed by atoms with E-state index in [0.717, 1.165) is 0 Å². The maximum Gasteiger partial charge on any atom is 0.0662 e. The molecule has 66 valence electrons. The molecule has 0 heterocycles. The highest BCUT2D eigenvalue weighted by molar-refractivity contribution is 4.81. The number of hydrogen-bond acceptors (Lipinski definition) is 3. The Labute approximate surface area is 67.0 Å². The second-order valence-electron chi connectivity index (χ2n) is 2.98. The summed E-state index contributed by atoms with van der Waals surface area (Å²) in [5.74, 6) is 0. The SMILES string of the molecule is C1CC1OC1CC1.OCCO. The normalized spacial score (nSPS) is 22.4. The van der Waals surface area contributed by atoms with Crippen molar-refractivity contribution in [1.82, 2.24) is 0 Å². The summed E-state index contributed by atoms with van der Waals surface area (Å²) < 4.78 is 5.47. The molecule has 0 radical (unpaired) electrons. The number of aliphatic hydroxyl groups excluding tert-OH is 2. The minimum Gasteiger partial charge on any atom is -0.394 e. The molecule has 2 fully saturated rings. The van der Waals surface area contributed by atoms with Crippen LogP contribution in [-0.2, 0) is 4.74 Å². The van der Waals surface area contributed by atoms with E-state index in [1.807, 2.05) is 0 Å². The third-order valence-electron chi connectivity index (χ3n) is 1.53. The van der Waals surface area contributed by atoms with E-state index >= 15 is 0 Å². The van der Waals surface area contributed by atoms with Crippen LogP contribution in [0.5, 0.6) is 0 Å². The van der Waals surface area contributed by atoms with Gasteiger partial charge < -0.3 is 14.9 Å². The Morgan fingerprint density at radius 1 is 0.909 bits per heavy atom. The minimum absolute atomic E-state index is 0.125. The number of ether oxygens (including phenoxy) is 1. The monoisotopic (exact) mass is 160 g/mol. The molecule has 0 bridgehead atoms. The van der Waals surface area contributed by atoms with Crippen LogP contribution in [0.4, 0.5) is 0 Å². The van der Waals surface area contributed by atoms with Crippen molar-refractivity contribution in [2.45, 2.75) is 37.9 Å². The van der Waals surface area contributed by atoms with Crippen LogP contribution >= 0.6 is 0 Å². The largest absolute Gasteiger partial charge is 0.394 e. The third kappa shape index (κ3) is 5.18. The molecule has 2 saturated carbocycles. The highest BCUT2D eigenvalue weighted by Crippen LogP contribution is 2.33. The molecule has 0 amide bonds. The Balaban J connectivity index is 0.000000134. The van der Waals surface area contributed by atoms with Crippen molar-refractivity contribution in [3.8, 4) is 0 Å². The second kappa shape index (κ2) is 4.70. The average Bonchev–Trinajstić information content (AvgIpc) is 2.86. The molecule has 2 N–H and O–H groups in total. The Hall–Kier alpha value is -0.120. The zero-order valence-corrected chi connectivity index (χ0v) is 6.70. The van der Waals surface area contributed by atoms with Crippen molar-refractivity contribution >= 4 is 0 Å². The van der Waals surface area contributed by atoms with Crippen molar-refractivity contribution in [1.29, 1.82) is 0 Å². The van der Waals surface area contributed by atoms with Crippen LogP contribution in [-0.4, -0.2) is 35.6 Å². The molecule has 0 atom stereocenters. The van der Waals surface area contributed by atoms with Crippen molar-refractivity contribution < 1.29 is 14.9 Å². The van der Waals surface area contributed by atoms with Gasteiger partial charge in [-0.2, -0.15) is 0 Å². The van der Waals surface area contributed by atoms with E-state index in [2.05, 4.69) is 0 Å². The third-order valence-corrected chi connectivity index (χ3v) is 1.53. The van der Waals surface area contributed by atoms with Gasteiger partial charge in [0.05, 0.1) is 25.4 Å². The molecular formula is C8H16O3. The van der Waals surface area contributed by atoms with E-state index in [-0.39, 0.29) is 13.2 Å². The Bertz CT molecular complexity index is 85.5. The van der Waals surface area contributed by atoms with Gasteiger partial charge in [0.15, 0.2) is 0 Å². The predicted octanol–water partition coefficient (Wildman–Crippen LogP) is 0.299. The van der Waals surface area contributed by atoms with Crippen LogP contribution in [0.15, 0.2) is 0 Å². The molecule has 0 aromatic carbocycles. The Kier molecular flexibility index (Phi) is 3.83. The van der Waals surface area contributed by atoms with E-state index in [1.54, 1.807) is 0 Å². The topological polar surface area (TPSA) is 49.7 Å². The molecule has 2 rings (SSSR count). The minimum atomic E-state index is -0.125. The lowest BCUT2D eigenvalue weighted by molar-refractivity contribution is 0.105. The zero-order valence-electron chi connectivity index (χ0n) is 6.70. The summed E-state index contributed by atoms with van der Waals surface area (Å²) in [6.07, 6.45) is 6.69. The Morgan fingerprint density at radius 2 is 1.27 bits per heavy atom. The molecule has 0 unspecified atom stereocenters. The quantitative estimate of drug-likeness (QED) is 0.624. The molecule has 2 aliphatic rings. The highest BCUT2D eigenvalue weighted by atomic mass is 16.5. The van der Waals surface area contributed by atoms with Gasteiger partial charge >= 0.3 is 0 Å². The summed E-state index contributed by atoms with van der Waals surface area (Å²) in [5.41, 5.74) is 0. The summed E-state index contributed by atoms with van der Waals surface area (Å²) in [7, 11) is 0. The van der Waals surface area contributed by atoms with E-state index in [1.165, 1.54) is 25.7 Å². The van der Waals surface area contributed by atoms with Crippen LogP contribution in [0.3, 0.4) is 0 Å². The molecule has 0 aromatic heterocycles. The van der Waals surface area contributed by atoms with Gasteiger partial charge in [0.25, 0.3) is 0 Å². The lowest BCUT2D eigenvalue weighted by atomic mass is 10.7. The second-order valence-corrected chi connectivity index (χ2v) is 2.98. The first-order valence-corrected chi connectivity index (χ1v) is 4.24. The van der Waals surface area contributed by atoms with Gasteiger partial charge in [-0.25, -0.2) is 0 Å². The fraction of sp³-hybridized carbons (Fsp3) is 1.00. The Morgan fingerprint density at radius 3 is 1.45 bits per heavy atom. The lowest BCUT2D eigenvalue weighted by Gasteiger charge is -1.92. The molecule has 2 aliphatic carbocycles. The fourth-order valence-corrected chi connectivity index (χ4v) is 0.680. The molecule has 3 nitrogen and oxygen atoms in total. The number of hydrogen-bond donors (Lipinski definition) is 2. The van der Waals surface area contributed by atoms with Crippen molar-refractivity contribution in [3.05, 3.63) is 0 Å². The molecule has 11 heavy (non-hydrogen) atoms. The number of aliphatic hydroxyl groups is 2. The lowest BCUT2D eigenvalue weighted by Crippen LogP contribution is -1.93. The summed E-state index contributed by atoms with van der Waals surface area (Å²) >= 11 is 0. The van der Waals surface area contributed by atoms with Crippen LogP contribution < -0.4 is 0 Å². The van der Waals surface area contributed by atoms with Gasteiger partial charge in [0.2, 0.25) is 0 Å². The molecule has 0 aliphatic heterocycles. The predicted molar refractivity (Wildman–Crippen MR) is 41.3 cm³/mol. The van der Waals surface area contributed by atoms with Crippen LogP contribution in [0.1, 0.15) is 25.7 Å². The maximum atomic E-state index is 7.62. The van der Waals surface area contributed by atoms with E-state index in [0.29, 0.717) is 12.2 Å². The van der Waals surface area contributed by atoms with Gasteiger partial charge in [-0.15, -0.1) is 0 Å². The fourth-order valence-electron chi connectivity index (χ4n) is 0.680. The van der Waals surface area contributed by atoms with Crippen LogP contribution in [0.25, 0.3) is 0 Å². The highest BCUT2D eigenvalue weighted by Gasteiger charge is 2.31. The first-order valence-electron chi connectivity index (χ1n) is 4.24. The van der Waals surface area contributed by atoms with Crippen molar-refractivity contribution in [3.63, 3.8) is 0 Å². The van der Waals surface area contributed by atoms with E-state index in [9.17, 15) is 0 Å². The summed E-state index contributed by atoms with van der Waals surface area (Å²) in [4.78, 5) is 0. The molecule has 0 aromatic rings. The summed E-state index contributed by atoms with van der Waals surface area (Å²) in [5, 5.41) is 15.2. The zero-order chi connectivity index (χ0) is 8.10. The molecular weight excluding hydrogens is 144 g/mol. The standard InChI is InChI=1S/C6H10O.C2H6O2/c1-2-5(1)7-6-3-4-6;3-1-2-4/h5-6H,1-4H2;3-4H,1-2H2.